The summed E-state index contributed by atoms with van der Waals surface area (Å²) in [7, 11) is 0. The Bertz CT molecular complexity index is 582. The van der Waals surface area contributed by atoms with Crippen molar-refractivity contribution in [3.8, 4) is 0 Å². The van der Waals surface area contributed by atoms with Gasteiger partial charge in [0.1, 0.15) is 0 Å². The molecule has 1 atom stereocenters. The quantitative estimate of drug-likeness (QED) is 0.834. The Morgan fingerprint density at radius 2 is 1.96 bits per heavy atom. The fraction of sp³-hybridized carbons (Fsp3) is 0.562. The predicted molar refractivity (Wildman–Crippen MR) is 78.6 cm³/mol. The highest BCUT2D eigenvalue weighted by molar-refractivity contribution is 5.89. The van der Waals surface area contributed by atoms with Gasteiger partial charge in [0, 0.05) is 31.0 Å². The van der Waals surface area contributed by atoms with Gasteiger partial charge in [-0.2, -0.15) is 0 Å². The van der Waals surface area contributed by atoms with E-state index >= 15 is 0 Å². The molecule has 1 heterocycles. The van der Waals surface area contributed by atoms with Crippen molar-refractivity contribution in [1.29, 1.82) is 0 Å². The number of hydrogen-bond donors (Lipinski definition) is 2. The summed E-state index contributed by atoms with van der Waals surface area (Å²) in [6.07, 6.45) is 5.13. The highest BCUT2D eigenvalue weighted by Crippen LogP contribution is 2.43. The van der Waals surface area contributed by atoms with Crippen LogP contribution in [0.3, 0.4) is 0 Å². The summed E-state index contributed by atoms with van der Waals surface area (Å²) < 4.78 is 44.9. The molecule has 0 bridgehead atoms. The first kappa shape index (κ1) is 16.1. The normalized spacial score (nSPS) is 22.5. The van der Waals surface area contributed by atoms with Crippen molar-refractivity contribution in [1.82, 2.24) is 5.32 Å². The van der Waals surface area contributed by atoms with E-state index in [1.807, 2.05) is 0 Å². The van der Waals surface area contributed by atoms with E-state index in [1.165, 1.54) is 6.42 Å². The molecule has 1 aliphatic heterocycles. The van der Waals surface area contributed by atoms with Crippen molar-refractivity contribution in [2.75, 3.05) is 18.5 Å². The highest BCUT2D eigenvalue weighted by Gasteiger charge is 2.42. The van der Waals surface area contributed by atoms with Crippen LogP contribution in [0.2, 0.25) is 0 Å². The van der Waals surface area contributed by atoms with Crippen LogP contribution < -0.4 is 10.6 Å². The van der Waals surface area contributed by atoms with Crippen molar-refractivity contribution in [3.63, 3.8) is 0 Å². The zero-order valence-electron chi connectivity index (χ0n) is 12.6. The van der Waals surface area contributed by atoms with Crippen molar-refractivity contribution >= 4 is 11.7 Å². The van der Waals surface area contributed by atoms with Gasteiger partial charge in [0.05, 0.1) is 5.60 Å². The van der Waals surface area contributed by atoms with Gasteiger partial charge in [0.25, 0.3) is 0 Å². The summed E-state index contributed by atoms with van der Waals surface area (Å²) in [5.41, 5.74) is -0.120. The number of anilines is 1. The van der Waals surface area contributed by atoms with Gasteiger partial charge in [-0.05, 0) is 38.0 Å². The minimum absolute atomic E-state index is 0.00425. The SMILES string of the molecule is O=C(NC[C@@H]1CCOC2(CCC2)C1)Nc1cc(F)c(F)c(F)c1. The molecule has 126 valence electrons. The zero-order chi connectivity index (χ0) is 16.4. The molecule has 0 aromatic heterocycles. The fourth-order valence-electron chi connectivity index (χ4n) is 3.26. The summed E-state index contributed by atoms with van der Waals surface area (Å²) in [5.74, 6) is -3.89. The molecule has 1 aliphatic carbocycles. The number of nitrogens with one attached hydrogen (secondary N) is 2. The molecule has 2 fully saturated rings. The molecule has 7 heteroatoms. The lowest BCUT2D eigenvalue weighted by atomic mass is 9.72. The zero-order valence-corrected chi connectivity index (χ0v) is 12.6. The summed E-state index contributed by atoms with van der Waals surface area (Å²) in [5, 5.41) is 5.01. The topological polar surface area (TPSA) is 50.4 Å². The molecule has 1 saturated carbocycles. The largest absolute Gasteiger partial charge is 0.375 e. The average molecular weight is 328 g/mol. The molecule has 1 aromatic rings. The number of urea groups is 1. The van der Waals surface area contributed by atoms with E-state index in [4.69, 9.17) is 4.74 Å². The molecular formula is C16H19F3N2O2. The van der Waals surface area contributed by atoms with Crippen LogP contribution >= 0.6 is 0 Å². The lowest BCUT2D eigenvalue weighted by Crippen LogP contribution is -2.47. The number of amides is 2. The molecule has 1 aromatic carbocycles. The summed E-state index contributed by atoms with van der Waals surface area (Å²) in [6, 6.07) is 0.926. The maximum Gasteiger partial charge on any atom is 0.319 e. The van der Waals surface area contributed by atoms with Gasteiger partial charge in [-0.15, -0.1) is 0 Å². The second-order valence-electron chi connectivity index (χ2n) is 6.33. The van der Waals surface area contributed by atoms with E-state index in [9.17, 15) is 18.0 Å². The molecule has 4 nitrogen and oxygen atoms in total. The number of carbonyl (C=O) groups is 1. The molecule has 0 radical (unpaired) electrons. The lowest BCUT2D eigenvalue weighted by Gasteiger charge is -2.47. The van der Waals surface area contributed by atoms with Gasteiger partial charge in [-0.25, -0.2) is 18.0 Å². The number of carbonyl (C=O) groups excluding carboxylic acids is 1. The minimum atomic E-state index is -1.55. The monoisotopic (exact) mass is 328 g/mol. The van der Waals surface area contributed by atoms with E-state index in [-0.39, 0.29) is 11.3 Å². The van der Waals surface area contributed by atoms with Crippen LogP contribution in [0.1, 0.15) is 32.1 Å². The Labute approximate surface area is 132 Å². The Morgan fingerprint density at radius 1 is 1.26 bits per heavy atom. The smallest absolute Gasteiger partial charge is 0.319 e. The van der Waals surface area contributed by atoms with Gasteiger partial charge in [-0.1, -0.05) is 0 Å². The van der Waals surface area contributed by atoms with Crippen molar-refractivity contribution in [2.45, 2.75) is 37.7 Å². The molecule has 2 aliphatic rings. The number of rotatable bonds is 3. The highest BCUT2D eigenvalue weighted by atomic mass is 19.2. The third-order valence-corrected chi connectivity index (χ3v) is 4.65. The van der Waals surface area contributed by atoms with Gasteiger partial charge in [0.15, 0.2) is 17.5 Å². The Kier molecular flexibility index (Phi) is 4.48. The standard InChI is InChI=1S/C16H19F3N2O2/c17-12-6-11(7-13(18)14(12)19)21-15(22)20-9-10-2-5-23-16(8-10)3-1-4-16/h6-7,10H,1-5,8-9H2,(H2,20,21,22)/t10-/m1/s1. The predicted octanol–water partition coefficient (Wildman–Crippen LogP) is 3.57. The van der Waals surface area contributed by atoms with Crippen molar-refractivity contribution in [2.24, 2.45) is 5.92 Å². The average Bonchev–Trinajstić information content (AvgIpc) is 2.49. The lowest BCUT2D eigenvalue weighted by molar-refractivity contribution is -0.142. The van der Waals surface area contributed by atoms with Crippen molar-refractivity contribution < 1.29 is 22.7 Å². The third kappa shape index (κ3) is 3.60. The van der Waals surface area contributed by atoms with Crippen LogP contribution in [0.25, 0.3) is 0 Å². The minimum Gasteiger partial charge on any atom is -0.375 e. The molecular weight excluding hydrogens is 309 g/mol. The second-order valence-corrected chi connectivity index (χ2v) is 6.33. The summed E-state index contributed by atoms with van der Waals surface area (Å²) >= 11 is 0. The molecule has 1 spiro atoms. The molecule has 3 rings (SSSR count). The first-order chi connectivity index (χ1) is 11.0. The Morgan fingerprint density at radius 3 is 2.57 bits per heavy atom. The summed E-state index contributed by atoms with van der Waals surface area (Å²) in [4.78, 5) is 11.8. The molecule has 1 saturated heterocycles. The van der Waals surface area contributed by atoms with E-state index in [2.05, 4.69) is 10.6 Å². The molecule has 0 unspecified atom stereocenters. The van der Waals surface area contributed by atoms with E-state index < -0.39 is 23.5 Å². The van der Waals surface area contributed by atoms with Crippen LogP contribution in [0.4, 0.5) is 23.7 Å². The first-order valence-corrected chi connectivity index (χ1v) is 7.81. The number of hydrogen-bond acceptors (Lipinski definition) is 2. The fourth-order valence-corrected chi connectivity index (χ4v) is 3.26. The summed E-state index contributed by atoms with van der Waals surface area (Å²) in [6.45, 7) is 1.17. The number of benzene rings is 1. The maximum absolute atomic E-state index is 13.1. The molecule has 2 amide bonds. The van der Waals surface area contributed by atoms with Crippen LogP contribution in [0.5, 0.6) is 0 Å². The Hall–Kier alpha value is -1.76. The van der Waals surface area contributed by atoms with E-state index in [1.54, 1.807) is 0 Å². The maximum atomic E-state index is 13.1. The van der Waals surface area contributed by atoms with Gasteiger partial charge in [-0.3, -0.25) is 0 Å². The van der Waals surface area contributed by atoms with Gasteiger partial charge < -0.3 is 15.4 Å². The number of ether oxygens (including phenoxy) is 1. The van der Waals surface area contributed by atoms with E-state index in [0.717, 1.165) is 37.8 Å². The van der Waals surface area contributed by atoms with Gasteiger partial charge in [0.2, 0.25) is 0 Å². The number of halogens is 3. The van der Waals surface area contributed by atoms with Gasteiger partial charge >= 0.3 is 6.03 Å². The van der Waals surface area contributed by atoms with Crippen LogP contribution in [0.15, 0.2) is 12.1 Å². The Balaban J connectivity index is 1.50. The van der Waals surface area contributed by atoms with Crippen LogP contribution in [0, 0.1) is 23.4 Å². The molecule has 2 N–H and O–H groups in total. The van der Waals surface area contributed by atoms with Crippen molar-refractivity contribution in [3.05, 3.63) is 29.6 Å². The third-order valence-electron chi connectivity index (χ3n) is 4.65. The second kappa shape index (κ2) is 6.39. The van der Waals surface area contributed by atoms with Crippen LogP contribution in [-0.4, -0.2) is 24.8 Å². The van der Waals surface area contributed by atoms with E-state index in [0.29, 0.717) is 19.1 Å². The van der Waals surface area contributed by atoms with Crippen LogP contribution in [-0.2, 0) is 4.74 Å². The molecule has 23 heavy (non-hydrogen) atoms. The first-order valence-electron chi connectivity index (χ1n) is 7.81.